The van der Waals surface area contributed by atoms with Crippen LogP contribution in [-0.2, 0) is 0 Å². The van der Waals surface area contributed by atoms with E-state index < -0.39 is 0 Å². The molecular weight excluding hydrogens is 407 g/mol. The third kappa shape index (κ3) is 3.81. The summed E-state index contributed by atoms with van der Waals surface area (Å²) in [6, 6.07) is 16.4. The lowest BCUT2D eigenvalue weighted by Crippen LogP contribution is -2.27. The van der Waals surface area contributed by atoms with Crippen molar-refractivity contribution < 1.29 is 4.74 Å². The molecule has 148 valence electrons. The summed E-state index contributed by atoms with van der Waals surface area (Å²) in [5.41, 5.74) is 8.93. The average Bonchev–Trinajstić information content (AvgIpc) is 2.71. The number of hydrogen-bond donors (Lipinski definition) is 3. The summed E-state index contributed by atoms with van der Waals surface area (Å²) >= 11 is 12.5. The molecule has 0 spiro atoms. The summed E-state index contributed by atoms with van der Waals surface area (Å²) < 4.78 is 7.66. The van der Waals surface area contributed by atoms with Crippen LogP contribution in [0.1, 0.15) is 41.7 Å². The summed E-state index contributed by atoms with van der Waals surface area (Å²) in [5.74, 6) is 0.575. The molecule has 1 aromatic heterocycles. The zero-order valence-electron chi connectivity index (χ0n) is 15.5. The van der Waals surface area contributed by atoms with Gasteiger partial charge in [-0.3, -0.25) is 15.4 Å². The largest absolute Gasteiger partial charge is 0.484 e. The Kier molecular flexibility index (Phi) is 5.46. The normalized spacial score (nSPS) is 18.2. The first-order valence-corrected chi connectivity index (χ1v) is 10.0. The number of nitrogens with one attached hydrogen (secondary N) is 2. The molecule has 2 aromatic carbocycles. The molecule has 1 aliphatic carbocycles. The number of ether oxygens (including phenoxy) is 1. The molecule has 5 nitrogen and oxygen atoms in total. The number of nitrogens with two attached hydrogens (primary N) is 1. The van der Waals surface area contributed by atoms with Crippen molar-refractivity contribution in [1.29, 1.82) is 10.8 Å². The van der Waals surface area contributed by atoms with Gasteiger partial charge in [-0.1, -0.05) is 53.5 Å². The third-order valence-corrected chi connectivity index (χ3v) is 5.75. The molecule has 0 amide bonds. The molecule has 4 rings (SSSR count). The van der Waals surface area contributed by atoms with E-state index in [0.717, 1.165) is 24.0 Å². The Morgan fingerprint density at radius 1 is 0.966 bits per heavy atom. The number of benzene rings is 2. The lowest BCUT2D eigenvalue weighted by Gasteiger charge is -2.30. The van der Waals surface area contributed by atoms with E-state index in [1.54, 1.807) is 36.5 Å². The Hall–Kier alpha value is -2.60. The van der Waals surface area contributed by atoms with Crippen LogP contribution in [0.3, 0.4) is 0 Å². The Morgan fingerprint density at radius 2 is 1.66 bits per heavy atom. The molecule has 1 aliphatic rings. The zero-order chi connectivity index (χ0) is 20.5. The summed E-state index contributed by atoms with van der Waals surface area (Å²) in [4.78, 5) is 0. The summed E-state index contributed by atoms with van der Waals surface area (Å²) in [6.07, 6.45) is 3.13. The maximum atomic E-state index is 8.56. The van der Waals surface area contributed by atoms with Crippen molar-refractivity contribution in [2.75, 3.05) is 0 Å². The average molecular weight is 427 g/mol. The molecule has 0 saturated heterocycles. The van der Waals surface area contributed by atoms with E-state index in [-0.39, 0.29) is 23.5 Å². The van der Waals surface area contributed by atoms with E-state index >= 15 is 0 Å². The molecule has 4 N–H and O–H groups in total. The predicted molar refractivity (Wildman–Crippen MR) is 115 cm³/mol. The maximum Gasteiger partial charge on any atom is 0.141 e. The van der Waals surface area contributed by atoms with Crippen molar-refractivity contribution in [3.63, 3.8) is 0 Å². The van der Waals surface area contributed by atoms with Crippen LogP contribution in [0.4, 0.5) is 0 Å². The summed E-state index contributed by atoms with van der Waals surface area (Å²) in [6.45, 7) is 0. The van der Waals surface area contributed by atoms with Crippen molar-refractivity contribution >= 4 is 29.0 Å². The van der Waals surface area contributed by atoms with Crippen molar-refractivity contribution in [1.82, 2.24) is 4.57 Å². The SMILES string of the molecule is N=C(c1c(Cl)cccc1Cl)n1cc(OC2CCC(N)c3ccccc32)ccc1=N. The van der Waals surface area contributed by atoms with Crippen LogP contribution >= 0.6 is 23.2 Å². The second-order valence-electron chi connectivity index (χ2n) is 6.98. The number of aromatic nitrogens is 1. The molecule has 0 saturated carbocycles. The van der Waals surface area contributed by atoms with Gasteiger partial charge in [0.15, 0.2) is 0 Å². The summed E-state index contributed by atoms with van der Waals surface area (Å²) in [7, 11) is 0. The molecule has 29 heavy (non-hydrogen) atoms. The van der Waals surface area contributed by atoms with Gasteiger partial charge in [0.1, 0.15) is 23.2 Å². The van der Waals surface area contributed by atoms with Crippen molar-refractivity contribution in [2.45, 2.75) is 25.0 Å². The fourth-order valence-corrected chi connectivity index (χ4v) is 4.23. The number of halogens is 2. The van der Waals surface area contributed by atoms with Crippen LogP contribution in [0.15, 0.2) is 60.8 Å². The Bertz CT molecular complexity index is 1120. The van der Waals surface area contributed by atoms with E-state index in [9.17, 15) is 0 Å². The highest BCUT2D eigenvalue weighted by Gasteiger charge is 2.26. The molecule has 1 heterocycles. The third-order valence-electron chi connectivity index (χ3n) is 5.12. The molecular formula is C22H20Cl2N4O. The predicted octanol–water partition coefficient (Wildman–Crippen LogP) is 5.06. The van der Waals surface area contributed by atoms with Gasteiger partial charge in [0.05, 0.1) is 21.8 Å². The van der Waals surface area contributed by atoms with Gasteiger partial charge in [-0.2, -0.15) is 0 Å². The van der Waals surface area contributed by atoms with Crippen LogP contribution in [0.25, 0.3) is 0 Å². The lowest BCUT2D eigenvalue weighted by molar-refractivity contribution is 0.176. The lowest BCUT2D eigenvalue weighted by atomic mass is 9.86. The fourth-order valence-electron chi connectivity index (χ4n) is 3.65. The number of hydrogen-bond acceptors (Lipinski definition) is 4. The van der Waals surface area contributed by atoms with Gasteiger partial charge < -0.3 is 10.5 Å². The standard InChI is InChI=1S/C22H20Cl2N4O/c23-16-6-3-7-17(24)21(16)22(27)28-12-13(8-11-20(28)26)29-19-10-9-18(25)14-4-1-2-5-15(14)19/h1-8,11-12,18-19,26-27H,9-10,25H2. The van der Waals surface area contributed by atoms with Crippen molar-refractivity contribution in [3.8, 4) is 5.75 Å². The topological polar surface area (TPSA) is 87.9 Å². The van der Waals surface area contributed by atoms with Crippen molar-refractivity contribution in [2.24, 2.45) is 5.73 Å². The second-order valence-corrected chi connectivity index (χ2v) is 7.80. The fraction of sp³-hybridized carbons (Fsp3) is 0.182. The highest BCUT2D eigenvalue weighted by Crippen LogP contribution is 2.37. The molecule has 3 aromatic rings. The van der Waals surface area contributed by atoms with E-state index in [4.69, 9.17) is 44.5 Å². The Balaban J connectivity index is 1.67. The smallest absolute Gasteiger partial charge is 0.141 e. The van der Waals surface area contributed by atoms with E-state index in [0.29, 0.717) is 21.4 Å². The first-order chi connectivity index (χ1) is 14.0. The van der Waals surface area contributed by atoms with Crippen LogP contribution < -0.4 is 16.0 Å². The first-order valence-electron chi connectivity index (χ1n) is 9.27. The molecule has 0 fully saturated rings. The minimum Gasteiger partial charge on any atom is -0.484 e. The number of nitrogens with zero attached hydrogens (tertiary/aromatic N) is 1. The molecule has 0 aliphatic heterocycles. The van der Waals surface area contributed by atoms with Crippen LogP contribution in [0.5, 0.6) is 5.75 Å². The monoisotopic (exact) mass is 426 g/mol. The molecule has 2 atom stereocenters. The number of rotatable bonds is 3. The quantitative estimate of drug-likeness (QED) is 0.403. The molecule has 2 unspecified atom stereocenters. The van der Waals surface area contributed by atoms with Crippen LogP contribution in [-0.4, -0.2) is 10.4 Å². The van der Waals surface area contributed by atoms with Crippen LogP contribution in [0.2, 0.25) is 10.0 Å². The zero-order valence-corrected chi connectivity index (χ0v) is 17.0. The van der Waals surface area contributed by atoms with E-state index in [1.165, 1.54) is 4.57 Å². The minimum atomic E-state index is -0.130. The molecule has 0 bridgehead atoms. The molecule has 0 radical (unpaired) electrons. The van der Waals surface area contributed by atoms with Gasteiger partial charge in [-0.15, -0.1) is 0 Å². The van der Waals surface area contributed by atoms with Gasteiger partial charge in [-0.05, 0) is 48.2 Å². The first kappa shape index (κ1) is 19.7. The molecule has 7 heteroatoms. The van der Waals surface area contributed by atoms with Gasteiger partial charge in [0.25, 0.3) is 0 Å². The summed E-state index contributed by atoms with van der Waals surface area (Å²) in [5, 5.41) is 17.5. The maximum absolute atomic E-state index is 8.56. The van der Waals surface area contributed by atoms with E-state index in [1.807, 2.05) is 24.3 Å². The second kappa shape index (κ2) is 8.03. The van der Waals surface area contributed by atoms with Crippen LogP contribution in [0, 0.1) is 10.8 Å². The van der Waals surface area contributed by atoms with E-state index in [2.05, 4.69) is 0 Å². The van der Waals surface area contributed by atoms with Gasteiger partial charge in [0, 0.05) is 6.04 Å². The number of fused-ring (bicyclic) bond motifs is 1. The minimum absolute atomic E-state index is 0.0158. The number of pyridine rings is 1. The highest BCUT2D eigenvalue weighted by molar-refractivity contribution is 6.39. The van der Waals surface area contributed by atoms with Gasteiger partial charge in [-0.25, -0.2) is 0 Å². The van der Waals surface area contributed by atoms with Crippen molar-refractivity contribution in [3.05, 3.63) is 93.0 Å². The Morgan fingerprint density at radius 3 is 2.38 bits per heavy atom. The van der Waals surface area contributed by atoms with Gasteiger partial charge >= 0.3 is 0 Å². The highest BCUT2D eigenvalue weighted by atomic mass is 35.5. The Labute approximate surface area is 178 Å². The van der Waals surface area contributed by atoms with Gasteiger partial charge in [0.2, 0.25) is 0 Å².